The molecule has 0 saturated heterocycles. The highest BCUT2D eigenvalue weighted by Crippen LogP contribution is 2.14. The maximum absolute atomic E-state index is 12.3. The lowest BCUT2D eigenvalue weighted by Crippen LogP contribution is -2.37. The Morgan fingerprint density at radius 2 is 2.00 bits per heavy atom. The average molecular weight is 302 g/mol. The molecular formula is C16H22N4O2. The third-order valence-corrected chi connectivity index (χ3v) is 3.54. The highest BCUT2D eigenvalue weighted by atomic mass is 16.3. The van der Waals surface area contributed by atoms with Crippen LogP contribution in [-0.2, 0) is 11.8 Å². The molecule has 0 aliphatic carbocycles. The molecule has 118 valence electrons. The molecule has 22 heavy (non-hydrogen) atoms. The van der Waals surface area contributed by atoms with Gasteiger partial charge < -0.3 is 15.7 Å². The summed E-state index contributed by atoms with van der Waals surface area (Å²) in [6.45, 7) is 2.16. The summed E-state index contributed by atoms with van der Waals surface area (Å²) in [5.41, 5.74) is 2.70. The number of amides is 1. The molecule has 1 heterocycles. The van der Waals surface area contributed by atoms with Crippen molar-refractivity contribution in [3.05, 3.63) is 53.3 Å². The summed E-state index contributed by atoms with van der Waals surface area (Å²) in [6, 6.07) is 7.11. The smallest absolute Gasteiger partial charge is 0.241 e. The number of likely N-dealkylation sites (N-methyl/N-ethyl adjacent to an activating group) is 1. The predicted molar refractivity (Wildman–Crippen MR) is 84.2 cm³/mol. The van der Waals surface area contributed by atoms with Crippen LogP contribution in [0.1, 0.15) is 28.8 Å². The van der Waals surface area contributed by atoms with E-state index in [2.05, 4.69) is 15.7 Å². The first-order valence-electron chi connectivity index (χ1n) is 7.19. The molecule has 0 aliphatic heterocycles. The number of aliphatic hydroxyl groups excluding tert-OH is 1. The monoisotopic (exact) mass is 302 g/mol. The standard InChI is InChI=1S/C16H22N4O2/c1-11-4-6-12(7-5-11)14(21)9-18-16(22)15(17-2)13-8-19-20(3)10-13/h4-8,10,14-15,17,21H,9H2,1-3H3,(H,18,22). The molecule has 0 aliphatic rings. The van der Waals surface area contributed by atoms with Gasteiger partial charge in [0, 0.05) is 25.4 Å². The Morgan fingerprint density at radius 1 is 1.32 bits per heavy atom. The number of carbonyl (C=O) groups is 1. The van der Waals surface area contributed by atoms with E-state index >= 15 is 0 Å². The van der Waals surface area contributed by atoms with Crippen LogP contribution in [0.5, 0.6) is 0 Å². The summed E-state index contributed by atoms with van der Waals surface area (Å²) in [5, 5.41) is 19.9. The van der Waals surface area contributed by atoms with Gasteiger partial charge in [0.25, 0.3) is 0 Å². The van der Waals surface area contributed by atoms with Gasteiger partial charge in [-0.15, -0.1) is 0 Å². The molecule has 0 radical (unpaired) electrons. The van der Waals surface area contributed by atoms with E-state index in [9.17, 15) is 9.90 Å². The third kappa shape index (κ3) is 3.93. The van der Waals surface area contributed by atoms with Crippen LogP contribution < -0.4 is 10.6 Å². The summed E-state index contributed by atoms with van der Waals surface area (Å²) in [7, 11) is 3.52. The maximum Gasteiger partial charge on any atom is 0.241 e. The molecule has 2 aromatic rings. The quantitative estimate of drug-likeness (QED) is 0.739. The maximum atomic E-state index is 12.3. The number of nitrogens with zero attached hydrogens (tertiary/aromatic N) is 2. The van der Waals surface area contributed by atoms with Gasteiger partial charge in [-0.05, 0) is 19.5 Å². The van der Waals surface area contributed by atoms with Gasteiger partial charge in [-0.25, -0.2) is 0 Å². The fraction of sp³-hybridized carbons (Fsp3) is 0.375. The largest absolute Gasteiger partial charge is 0.387 e. The second-order valence-corrected chi connectivity index (χ2v) is 5.34. The number of benzene rings is 1. The second-order valence-electron chi connectivity index (χ2n) is 5.34. The van der Waals surface area contributed by atoms with Crippen molar-refractivity contribution < 1.29 is 9.90 Å². The van der Waals surface area contributed by atoms with Gasteiger partial charge in [0.1, 0.15) is 6.04 Å². The summed E-state index contributed by atoms with van der Waals surface area (Å²) < 4.78 is 1.65. The minimum absolute atomic E-state index is 0.167. The first-order valence-corrected chi connectivity index (χ1v) is 7.19. The lowest BCUT2D eigenvalue weighted by atomic mass is 10.1. The highest BCUT2D eigenvalue weighted by molar-refractivity contribution is 5.83. The van der Waals surface area contributed by atoms with Crippen molar-refractivity contribution in [2.24, 2.45) is 7.05 Å². The molecule has 1 aromatic carbocycles. The number of aryl methyl sites for hydroxylation is 2. The molecule has 3 N–H and O–H groups in total. The normalized spacial score (nSPS) is 13.6. The minimum Gasteiger partial charge on any atom is -0.387 e. The Labute approximate surface area is 130 Å². The molecule has 6 heteroatoms. The molecule has 0 saturated carbocycles. The van der Waals surface area contributed by atoms with Crippen molar-refractivity contribution in [1.82, 2.24) is 20.4 Å². The SMILES string of the molecule is CNC(C(=O)NCC(O)c1ccc(C)cc1)c1cnn(C)c1. The lowest BCUT2D eigenvalue weighted by molar-refractivity contribution is -0.123. The van der Waals surface area contributed by atoms with E-state index < -0.39 is 12.1 Å². The summed E-state index contributed by atoms with van der Waals surface area (Å²) >= 11 is 0. The lowest BCUT2D eigenvalue weighted by Gasteiger charge is -2.17. The number of nitrogens with one attached hydrogen (secondary N) is 2. The molecule has 0 bridgehead atoms. The molecule has 0 fully saturated rings. The van der Waals surface area contributed by atoms with Crippen LogP contribution in [0.2, 0.25) is 0 Å². The van der Waals surface area contributed by atoms with Crippen molar-refractivity contribution in [2.45, 2.75) is 19.1 Å². The molecule has 2 atom stereocenters. The van der Waals surface area contributed by atoms with Gasteiger partial charge in [0.15, 0.2) is 0 Å². The number of hydrogen-bond acceptors (Lipinski definition) is 4. The average Bonchev–Trinajstić information content (AvgIpc) is 2.92. The zero-order chi connectivity index (χ0) is 16.1. The Bertz CT molecular complexity index is 621. The summed E-state index contributed by atoms with van der Waals surface area (Å²) in [6.07, 6.45) is 2.71. The second kappa shape index (κ2) is 7.20. The van der Waals surface area contributed by atoms with E-state index in [0.29, 0.717) is 0 Å². The van der Waals surface area contributed by atoms with E-state index in [1.54, 1.807) is 31.2 Å². The molecule has 6 nitrogen and oxygen atoms in total. The molecular weight excluding hydrogens is 280 g/mol. The first kappa shape index (κ1) is 16.2. The van der Waals surface area contributed by atoms with Gasteiger partial charge in [0.05, 0.1) is 12.3 Å². The minimum atomic E-state index is -0.726. The van der Waals surface area contributed by atoms with E-state index in [4.69, 9.17) is 0 Å². The van der Waals surface area contributed by atoms with Crippen LogP contribution in [0.4, 0.5) is 0 Å². The number of hydrogen-bond donors (Lipinski definition) is 3. The molecule has 0 spiro atoms. The van der Waals surface area contributed by atoms with Crippen LogP contribution in [0.15, 0.2) is 36.7 Å². The number of rotatable bonds is 6. The van der Waals surface area contributed by atoms with E-state index in [1.165, 1.54) is 0 Å². The summed E-state index contributed by atoms with van der Waals surface area (Å²) in [4.78, 5) is 12.3. The van der Waals surface area contributed by atoms with Gasteiger partial charge in [-0.2, -0.15) is 5.10 Å². The van der Waals surface area contributed by atoms with E-state index in [0.717, 1.165) is 16.7 Å². The predicted octanol–water partition coefficient (Wildman–Crippen LogP) is 0.839. The summed E-state index contributed by atoms with van der Waals surface area (Å²) in [5.74, 6) is -0.193. The van der Waals surface area contributed by atoms with Crippen molar-refractivity contribution in [2.75, 3.05) is 13.6 Å². The fourth-order valence-electron chi connectivity index (χ4n) is 2.24. The van der Waals surface area contributed by atoms with Crippen LogP contribution in [-0.4, -0.2) is 34.4 Å². The third-order valence-electron chi connectivity index (χ3n) is 3.54. The molecule has 2 unspecified atom stereocenters. The Hall–Kier alpha value is -2.18. The van der Waals surface area contributed by atoms with Gasteiger partial charge in [-0.3, -0.25) is 9.48 Å². The number of aromatic nitrogens is 2. The van der Waals surface area contributed by atoms with E-state index in [1.807, 2.05) is 31.2 Å². The van der Waals surface area contributed by atoms with Gasteiger partial charge >= 0.3 is 0 Å². The van der Waals surface area contributed by atoms with Crippen molar-refractivity contribution >= 4 is 5.91 Å². The van der Waals surface area contributed by atoms with Crippen molar-refractivity contribution in [1.29, 1.82) is 0 Å². The highest BCUT2D eigenvalue weighted by Gasteiger charge is 2.20. The topological polar surface area (TPSA) is 79.2 Å². The van der Waals surface area contributed by atoms with Crippen molar-refractivity contribution in [3.63, 3.8) is 0 Å². The Balaban J connectivity index is 1.94. The fourth-order valence-corrected chi connectivity index (χ4v) is 2.24. The van der Waals surface area contributed by atoms with Crippen LogP contribution in [0.25, 0.3) is 0 Å². The Morgan fingerprint density at radius 3 is 2.55 bits per heavy atom. The molecule has 1 amide bonds. The van der Waals surface area contributed by atoms with Crippen molar-refractivity contribution in [3.8, 4) is 0 Å². The zero-order valence-electron chi connectivity index (χ0n) is 13.1. The van der Waals surface area contributed by atoms with Crippen LogP contribution >= 0.6 is 0 Å². The van der Waals surface area contributed by atoms with E-state index in [-0.39, 0.29) is 12.5 Å². The van der Waals surface area contributed by atoms with Gasteiger partial charge in [0.2, 0.25) is 5.91 Å². The number of aliphatic hydroxyl groups is 1. The van der Waals surface area contributed by atoms with Gasteiger partial charge in [-0.1, -0.05) is 29.8 Å². The Kier molecular flexibility index (Phi) is 5.30. The molecule has 2 rings (SSSR count). The first-order chi connectivity index (χ1) is 10.5. The van der Waals surface area contributed by atoms with Crippen LogP contribution in [0, 0.1) is 6.92 Å². The number of carbonyl (C=O) groups excluding carboxylic acids is 1. The van der Waals surface area contributed by atoms with Crippen LogP contribution in [0.3, 0.4) is 0 Å². The molecule has 1 aromatic heterocycles. The zero-order valence-corrected chi connectivity index (χ0v) is 13.1.